The zero-order valence-corrected chi connectivity index (χ0v) is 4.60. The molecule has 0 aliphatic rings. The van der Waals surface area contributed by atoms with Crippen molar-refractivity contribution in [1.82, 2.24) is 0 Å². The van der Waals surface area contributed by atoms with Gasteiger partial charge in [-0.15, -0.1) is 0 Å². The van der Waals surface area contributed by atoms with E-state index in [1.807, 2.05) is 0 Å². The van der Waals surface area contributed by atoms with Crippen molar-refractivity contribution in [3.63, 3.8) is 0 Å². The summed E-state index contributed by atoms with van der Waals surface area (Å²) in [5.41, 5.74) is 0. The molecular weight excluding hydrogens is 137 g/mol. The molecule has 0 saturated carbocycles. The molecule has 0 aromatic rings. The van der Waals surface area contributed by atoms with Crippen molar-refractivity contribution in [2.24, 2.45) is 0 Å². The molecule has 0 bridgehead atoms. The summed E-state index contributed by atoms with van der Waals surface area (Å²) in [5, 5.41) is 0. The third kappa shape index (κ3) is 170. The summed E-state index contributed by atoms with van der Waals surface area (Å²) in [6, 6.07) is 0. The van der Waals surface area contributed by atoms with Gasteiger partial charge >= 0.3 is 17.6 Å². The van der Waals surface area contributed by atoms with Gasteiger partial charge in [0, 0.05) is 0 Å². The minimum absolute atomic E-state index is 0. The van der Waals surface area contributed by atoms with Gasteiger partial charge in [-0.25, -0.2) is 0 Å². The summed E-state index contributed by atoms with van der Waals surface area (Å²) in [6.45, 7) is 0. The Balaban J connectivity index is 0. The predicted molar refractivity (Wildman–Crippen MR) is 20.2 cm³/mol. The minimum atomic E-state index is 0. The Morgan fingerprint density at radius 1 is 0.400 bits per heavy atom. The summed E-state index contributed by atoms with van der Waals surface area (Å²) in [6.07, 6.45) is 0. The van der Waals surface area contributed by atoms with Gasteiger partial charge in [-0.2, -0.15) is 0 Å². The van der Waals surface area contributed by atoms with Crippen molar-refractivity contribution < 1.29 is 21.9 Å². The van der Waals surface area contributed by atoms with Gasteiger partial charge in [0.2, 0.25) is 0 Å². The smallest absolute Gasteiger partial charge is 0.412 e. The third-order valence-electron chi connectivity index (χ3n) is 0. The van der Waals surface area contributed by atoms with Crippen LogP contribution >= 0.6 is 0 Å². The molecule has 0 aromatic heterocycles. The van der Waals surface area contributed by atoms with Crippen molar-refractivity contribution in [3.8, 4) is 0 Å². The van der Waals surface area contributed by atoms with Crippen LogP contribution in [0.4, 0.5) is 0 Å². The second-order valence-electron chi connectivity index (χ2n) is 0. The maximum atomic E-state index is 0. The van der Waals surface area contributed by atoms with Gasteiger partial charge in [-0.3, -0.25) is 0 Å². The molecule has 0 unspecified atom stereocenters. The molecule has 5 heavy (non-hydrogen) atoms. The number of hydrogen-bond donors (Lipinski definition) is 0. The van der Waals surface area contributed by atoms with E-state index in [0.29, 0.717) is 0 Å². The van der Waals surface area contributed by atoms with Crippen molar-refractivity contribution >= 4 is 17.6 Å². The van der Waals surface area contributed by atoms with Crippen LogP contribution in [0.25, 0.3) is 0 Å². The largest absolute Gasteiger partial charge is 4.00 e. The summed E-state index contributed by atoms with van der Waals surface area (Å²) >= 11 is 0. The Morgan fingerprint density at radius 2 is 0.400 bits per heavy atom. The number of rotatable bonds is 0. The van der Waals surface area contributed by atoms with Gasteiger partial charge in [-0.1, -0.05) is 0 Å². The molecule has 0 aliphatic heterocycles. The molecule has 5 heteroatoms. The van der Waals surface area contributed by atoms with Crippen molar-refractivity contribution in [1.29, 1.82) is 0 Å². The molecule has 0 aromatic carbocycles. The Morgan fingerprint density at radius 3 is 0.400 bits per heavy atom. The van der Waals surface area contributed by atoms with E-state index in [4.69, 9.17) is 0 Å². The second-order valence-corrected chi connectivity index (χ2v) is 0. The van der Waals surface area contributed by atoms with Crippen LogP contribution in [0.1, 0.15) is 0 Å². The van der Waals surface area contributed by atoms with Gasteiger partial charge in [0.15, 0.2) is 0 Å². The van der Waals surface area contributed by atoms with Gasteiger partial charge in [0.25, 0.3) is 0 Å². The molecule has 0 rings (SSSR count). The molecular formula is H8GeO4+4. The Kier molecular flexibility index (Phi) is 48300. The number of hydrogen-bond acceptors (Lipinski definition) is 0. The summed E-state index contributed by atoms with van der Waals surface area (Å²) in [7, 11) is 0. The second kappa shape index (κ2) is 342. The van der Waals surface area contributed by atoms with E-state index in [1.165, 1.54) is 0 Å². The van der Waals surface area contributed by atoms with Crippen molar-refractivity contribution in [2.45, 2.75) is 0 Å². The van der Waals surface area contributed by atoms with Gasteiger partial charge in [-0.05, 0) is 0 Å². The maximum Gasteiger partial charge on any atom is 4.00 e. The third-order valence-corrected chi connectivity index (χ3v) is 0. The van der Waals surface area contributed by atoms with E-state index in [-0.39, 0.29) is 39.5 Å². The zero-order chi connectivity index (χ0) is 0. The quantitative estimate of drug-likeness (QED) is 0.311. The van der Waals surface area contributed by atoms with E-state index in [0.717, 1.165) is 0 Å². The van der Waals surface area contributed by atoms with Crippen LogP contribution in [0.2, 0.25) is 0 Å². The molecule has 0 amide bonds. The standard InChI is InChI=1S/Ge.4H2O/h;4*1H2/q+4;;;;. The Labute approximate surface area is 40.4 Å². The molecule has 0 radical (unpaired) electrons. The first kappa shape index (κ1) is 705. The predicted octanol–water partition coefficient (Wildman–Crippen LogP) is -3.68. The molecule has 0 spiro atoms. The average Bonchev–Trinajstić information content (AvgIpc) is 0. The molecule has 0 saturated heterocycles. The van der Waals surface area contributed by atoms with Crippen LogP contribution < -0.4 is 0 Å². The van der Waals surface area contributed by atoms with Gasteiger partial charge in [0.05, 0.1) is 0 Å². The average molecular weight is 145 g/mol. The SMILES string of the molecule is O.O.O.O.[Ge+4]. The topological polar surface area (TPSA) is 126 Å². The normalized spacial score (nSPS) is 0. The summed E-state index contributed by atoms with van der Waals surface area (Å²) in [4.78, 5) is 0. The van der Waals surface area contributed by atoms with Crippen LogP contribution in [0.15, 0.2) is 0 Å². The van der Waals surface area contributed by atoms with Crippen molar-refractivity contribution in [3.05, 3.63) is 0 Å². The van der Waals surface area contributed by atoms with Crippen LogP contribution in [0.3, 0.4) is 0 Å². The van der Waals surface area contributed by atoms with E-state index in [9.17, 15) is 0 Å². The molecule has 0 fully saturated rings. The Bertz CT molecular complexity index is 3.61. The first-order valence-corrected chi connectivity index (χ1v) is 0. The zero-order valence-electron chi connectivity index (χ0n) is 2.50. The molecule has 4 nitrogen and oxygen atoms in total. The monoisotopic (exact) mass is 146 g/mol. The van der Waals surface area contributed by atoms with Crippen molar-refractivity contribution in [2.75, 3.05) is 0 Å². The van der Waals surface area contributed by atoms with Crippen LogP contribution in [0.5, 0.6) is 0 Å². The van der Waals surface area contributed by atoms with E-state index >= 15 is 0 Å². The minimum Gasteiger partial charge on any atom is -0.412 e. The summed E-state index contributed by atoms with van der Waals surface area (Å²) < 4.78 is 0. The van der Waals surface area contributed by atoms with Gasteiger partial charge < -0.3 is 21.9 Å². The van der Waals surface area contributed by atoms with E-state index in [2.05, 4.69) is 0 Å². The molecule has 32 valence electrons. The van der Waals surface area contributed by atoms with E-state index in [1.54, 1.807) is 0 Å². The Hall–Kier alpha value is 0.383. The fourth-order valence-electron chi connectivity index (χ4n) is 0. The van der Waals surface area contributed by atoms with Crippen LogP contribution in [0, 0.1) is 0 Å². The first-order chi connectivity index (χ1) is 0. The fraction of sp³-hybridized carbons (Fsp3) is 0. The first-order valence-electron chi connectivity index (χ1n) is 0. The van der Waals surface area contributed by atoms with Gasteiger partial charge in [0.1, 0.15) is 0 Å². The molecule has 0 atom stereocenters. The summed E-state index contributed by atoms with van der Waals surface area (Å²) in [5.74, 6) is 0. The van der Waals surface area contributed by atoms with Crippen LogP contribution in [-0.4, -0.2) is 39.5 Å². The van der Waals surface area contributed by atoms with Crippen LogP contribution in [-0.2, 0) is 0 Å². The molecule has 8 N–H and O–H groups in total. The molecule has 0 heterocycles. The molecule has 0 aliphatic carbocycles. The maximum absolute atomic E-state index is 0. The van der Waals surface area contributed by atoms with E-state index < -0.39 is 0 Å². The fourth-order valence-corrected chi connectivity index (χ4v) is 0.